The molecule has 2 aliphatic rings. The molecule has 11 heteroatoms. The van der Waals surface area contributed by atoms with Gasteiger partial charge in [-0.15, -0.1) is 0 Å². The Labute approximate surface area is 282 Å². The number of hydrogen-bond donors (Lipinski definition) is 3. The summed E-state index contributed by atoms with van der Waals surface area (Å²) >= 11 is 0. The minimum Gasteiger partial charge on any atom is -0.478 e. The highest BCUT2D eigenvalue weighted by molar-refractivity contribution is 6.06. The maximum atomic E-state index is 11.9. The summed E-state index contributed by atoms with van der Waals surface area (Å²) in [6.07, 6.45) is 0. The molecular formula is C39H22N8O3. The third kappa shape index (κ3) is 4.34. The number of rotatable bonds is 3. The standard InChI is InChI=1S/C39H22N8O3/c48-39(49)28-15-7-8-16-30(28)50-20-17-18-27-29(19-20)38-46-36-26-14-6-5-13-25(26)34(44-36)42-32-22-10-2-1-9-21(22)31(40-32)41-33-23-11-3-4-12-24(23)35(43-33)45-37(27)47-38/h1-19H,(H,48,49)(H2,40,41,42,43,44,45,46,47). The molecule has 0 radical (unpaired) electrons. The molecule has 8 bridgehead atoms. The summed E-state index contributed by atoms with van der Waals surface area (Å²) in [4.78, 5) is 48.8. The van der Waals surface area contributed by atoms with Crippen LogP contribution in [0.25, 0.3) is 89.7 Å². The van der Waals surface area contributed by atoms with E-state index in [0.29, 0.717) is 57.0 Å². The van der Waals surface area contributed by atoms with E-state index < -0.39 is 5.97 Å². The van der Waals surface area contributed by atoms with E-state index in [-0.39, 0.29) is 11.3 Å². The van der Waals surface area contributed by atoms with Crippen LogP contribution in [0.5, 0.6) is 11.5 Å². The molecule has 0 fully saturated rings. The minimum atomic E-state index is -1.08. The maximum Gasteiger partial charge on any atom is 0.339 e. The van der Waals surface area contributed by atoms with Gasteiger partial charge < -0.3 is 19.8 Å². The summed E-state index contributed by atoms with van der Waals surface area (Å²) in [5.41, 5.74) is 5.71. The average molecular weight is 651 g/mol. The van der Waals surface area contributed by atoms with Crippen LogP contribution in [-0.2, 0) is 0 Å². The molecule has 0 saturated carbocycles. The molecule has 11 nitrogen and oxygen atoms in total. The zero-order chi connectivity index (χ0) is 33.3. The van der Waals surface area contributed by atoms with Crippen molar-refractivity contribution in [1.82, 2.24) is 39.9 Å². The number of H-pyrrole nitrogens is 2. The van der Waals surface area contributed by atoms with E-state index in [1.54, 1.807) is 24.3 Å². The van der Waals surface area contributed by atoms with Gasteiger partial charge in [0.25, 0.3) is 0 Å². The van der Waals surface area contributed by atoms with Crippen molar-refractivity contribution in [1.29, 1.82) is 0 Å². The van der Waals surface area contributed by atoms with E-state index in [2.05, 4.69) is 9.97 Å². The summed E-state index contributed by atoms with van der Waals surface area (Å²) in [7, 11) is 0. The Balaban J connectivity index is 1.31. The molecule has 3 aromatic heterocycles. The Morgan fingerprint density at radius 1 is 0.480 bits per heavy atom. The highest BCUT2D eigenvalue weighted by Crippen LogP contribution is 2.37. The van der Waals surface area contributed by atoms with Crippen molar-refractivity contribution >= 4 is 50.1 Å². The number of aromatic carboxylic acids is 1. The van der Waals surface area contributed by atoms with Crippen LogP contribution in [-0.4, -0.2) is 50.9 Å². The number of fused-ring (bicyclic) bond motifs is 20. The van der Waals surface area contributed by atoms with Gasteiger partial charge in [0.05, 0.1) is 0 Å². The summed E-state index contributed by atoms with van der Waals surface area (Å²) in [5.74, 6) is 1.59. The summed E-state index contributed by atoms with van der Waals surface area (Å²) in [6.45, 7) is 0. The van der Waals surface area contributed by atoms with E-state index in [1.807, 2.05) is 84.9 Å². The van der Waals surface area contributed by atoms with Gasteiger partial charge in [0.1, 0.15) is 39.7 Å². The van der Waals surface area contributed by atoms with E-state index >= 15 is 0 Å². The normalized spacial score (nSPS) is 11.8. The van der Waals surface area contributed by atoms with Gasteiger partial charge in [-0.05, 0) is 30.3 Å². The average Bonchev–Trinajstić information content (AvgIpc) is 3.87. The third-order valence-electron chi connectivity index (χ3n) is 8.87. The number of nitrogens with one attached hydrogen (secondary N) is 2. The van der Waals surface area contributed by atoms with Gasteiger partial charge in [-0.2, -0.15) is 0 Å². The van der Waals surface area contributed by atoms with Gasteiger partial charge in [0.15, 0.2) is 23.3 Å². The van der Waals surface area contributed by atoms with Crippen LogP contribution in [0.2, 0.25) is 0 Å². The lowest BCUT2D eigenvalue weighted by atomic mass is 10.1. The molecule has 10 rings (SSSR count). The lowest BCUT2D eigenvalue weighted by Crippen LogP contribution is -1.99. The SMILES string of the molecule is O=C(O)c1ccccc1Oc1ccc2c3nc4nc(nc5[nH]c(nc6nc(nc([nH]3)c2c1)-c1ccccc1-6)c1ccccc51)-c1ccccc1-4. The van der Waals surface area contributed by atoms with E-state index in [4.69, 9.17) is 34.6 Å². The van der Waals surface area contributed by atoms with Gasteiger partial charge in [0.2, 0.25) is 0 Å². The molecule has 236 valence electrons. The lowest BCUT2D eigenvalue weighted by Gasteiger charge is -2.08. The Morgan fingerprint density at radius 3 is 1.40 bits per heavy atom. The lowest BCUT2D eigenvalue weighted by molar-refractivity contribution is 0.0694. The molecule has 0 amide bonds. The molecule has 5 heterocycles. The predicted molar refractivity (Wildman–Crippen MR) is 190 cm³/mol. The van der Waals surface area contributed by atoms with Crippen molar-refractivity contribution in [2.24, 2.45) is 0 Å². The molecular weight excluding hydrogens is 628 g/mol. The number of carbonyl (C=O) groups is 1. The summed E-state index contributed by atoms with van der Waals surface area (Å²) in [5, 5.41) is 13.0. The van der Waals surface area contributed by atoms with Crippen molar-refractivity contribution in [3.05, 3.63) is 121 Å². The number of nitrogens with zero attached hydrogens (tertiary/aromatic N) is 6. The highest BCUT2D eigenvalue weighted by Gasteiger charge is 2.22. The summed E-state index contributed by atoms with van der Waals surface area (Å²) < 4.78 is 6.12. The Hall–Kier alpha value is -7.27. The zero-order valence-corrected chi connectivity index (χ0v) is 25.9. The van der Waals surface area contributed by atoms with Crippen molar-refractivity contribution < 1.29 is 14.6 Å². The molecule has 0 spiro atoms. The number of para-hydroxylation sites is 1. The Bertz CT molecular complexity index is 2910. The van der Waals surface area contributed by atoms with E-state index in [0.717, 1.165) is 38.4 Å². The number of aromatic amines is 2. The second-order valence-corrected chi connectivity index (χ2v) is 11.9. The Kier molecular flexibility index (Phi) is 5.91. The van der Waals surface area contributed by atoms with Gasteiger partial charge in [-0.1, -0.05) is 84.9 Å². The quantitative estimate of drug-likeness (QED) is 0.171. The number of carboxylic acids is 1. The number of aromatic nitrogens is 8. The molecule has 8 aromatic rings. The van der Waals surface area contributed by atoms with Crippen LogP contribution >= 0.6 is 0 Å². The summed E-state index contributed by atoms with van der Waals surface area (Å²) in [6, 6.07) is 35.7. The minimum absolute atomic E-state index is 0.0561. The molecule has 50 heavy (non-hydrogen) atoms. The topological polar surface area (TPSA) is 155 Å². The van der Waals surface area contributed by atoms with Crippen molar-refractivity contribution in [3.63, 3.8) is 0 Å². The molecule has 0 unspecified atom stereocenters. The van der Waals surface area contributed by atoms with Crippen LogP contribution in [0.1, 0.15) is 10.4 Å². The largest absolute Gasteiger partial charge is 0.478 e. The van der Waals surface area contributed by atoms with Crippen LogP contribution in [0.3, 0.4) is 0 Å². The zero-order valence-electron chi connectivity index (χ0n) is 25.9. The first kappa shape index (κ1) is 27.8. The van der Waals surface area contributed by atoms with E-state index in [9.17, 15) is 9.90 Å². The molecule has 3 N–H and O–H groups in total. The first-order chi connectivity index (χ1) is 24.6. The predicted octanol–water partition coefficient (Wildman–Crippen LogP) is 8.36. The fourth-order valence-electron chi connectivity index (χ4n) is 6.54. The molecule has 5 aromatic carbocycles. The van der Waals surface area contributed by atoms with Gasteiger partial charge >= 0.3 is 5.97 Å². The van der Waals surface area contributed by atoms with Crippen molar-refractivity contribution in [2.75, 3.05) is 0 Å². The smallest absolute Gasteiger partial charge is 0.339 e. The van der Waals surface area contributed by atoms with Crippen molar-refractivity contribution in [3.8, 4) is 57.1 Å². The number of ether oxygens (including phenoxy) is 1. The van der Waals surface area contributed by atoms with Gasteiger partial charge in [0, 0.05) is 43.8 Å². The van der Waals surface area contributed by atoms with E-state index in [1.165, 1.54) is 6.07 Å². The van der Waals surface area contributed by atoms with Gasteiger partial charge in [-0.3, -0.25) is 0 Å². The molecule has 2 aliphatic heterocycles. The molecule has 0 saturated heterocycles. The van der Waals surface area contributed by atoms with Crippen LogP contribution in [0.15, 0.2) is 115 Å². The Morgan fingerprint density at radius 2 is 0.900 bits per heavy atom. The van der Waals surface area contributed by atoms with Crippen LogP contribution in [0, 0.1) is 0 Å². The van der Waals surface area contributed by atoms with Crippen molar-refractivity contribution in [2.45, 2.75) is 0 Å². The second kappa shape index (κ2) is 10.6. The number of benzene rings is 5. The molecule has 0 atom stereocenters. The monoisotopic (exact) mass is 650 g/mol. The second-order valence-electron chi connectivity index (χ2n) is 11.9. The fraction of sp³-hybridized carbons (Fsp3) is 0. The number of hydrogen-bond acceptors (Lipinski definition) is 8. The highest BCUT2D eigenvalue weighted by atomic mass is 16.5. The first-order valence-corrected chi connectivity index (χ1v) is 15.8. The first-order valence-electron chi connectivity index (χ1n) is 15.8. The number of carboxylic acid groups (broad SMARTS) is 1. The fourth-order valence-corrected chi connectivity index (χ4v) is 6.54. The maximum absolute atomic E-state index is 11.9. The molecule has 0 aliphatic carbocycles. The van der Waals surface area contributed by atoms with Crippen LogP contribution < -0.4 is 4.74 Å². The third-order valence-corrected chi connectivity index (χ3v) is 8.87. The van der Waals surface area contributed by atoms with Crippen LogP contribution in [0.4, 0.5) is 0 Å². The van der Waals surface area contributed by atoms with Gasteiger partial charge in [-0.25, -0.2) is 34.7 Å².